The summed E-state index contributed by atoms with van der Waals surface area (Å²) < 4.78 is 7.26. The Bertz CT molecular complexity index is 791. The van der Waals surface area contributed by atoms with Gasteiger partial charge in [0.1, 0.15) is 0 Å². The number of carbonyl (C=O) groups excluding carboxylic acids is 1. The Hall–Kier alpha value is -1.99. The van der Waals surface area contributed by atoms with Gasteiger partial charge in [-0.3, -0.25) is 14.4 Å². The van der Waals surface area contributed by atoms with Crippen molar-refractivity contribution in [2.45, 2.75) is 25.7 Å². The van der Waals surface area contributed by atoms with E-state index in [4.69, 9.17) is 9.84 Å². The van der Waals surface area contributed by atoms with E-state index in [1.165, 1.54) is 0 Å². The zero-order valence-corrected chi connectivity index (χ0v) is 16.3. The lowest BCUT2D eigenvalue weighted by atomic mass is 9.91. The first-order chi connectivity index (χ1) is 13.1. The molecule has 2 fully saturated rings. The number of piperidine rings is 1. The Morgan fingerprint density at radius 2 is 2.00 bits per heavy atom. The number of ether oxygens (including phenoxy) is 1. The van der Waals surface area contributed by atoms with E-state index in [0.717, 1.165) is 75.5 Å². The molecular formula is C20H29N5O2. The zero-order chi connectivity index (χ0) is 18.8. The van der Waals surface area contributed by atoms with Crippen LogP contribution in [0.3, 0.4) is 0 Å². The molecule has 0 saturated carbocycles. The molecule has 4 rings (SSSR count). The van der Waals surface area contributed by atoms with Gasteiger partial charge in [0.05, 0.1) is 18.9 Å². The molecule has 0 aliphatic carbocycles. The number of aryl methyl sites for hydroxylation is 1. The number of pyridine rings is 1. The Morgan fingerprint density at radius 1 is 1.26 bits per heavy atom. The largest absolute Gasteiger partial charge is 0.379 e. The van der Waals surface area contributed by atoms with Crippen molar-refractivity contribution in [3.8, 4) is 0 Å². The van der Waals surface area contributed by atoms with Crippen molar-refractivity contribution < 1.29 is 9.53 Å². The van der Waals surface area contributed by atoms with Gasteiger partial charge in [0, 0.05) is 63.2 Å². The van der Waals surface area contributed by atoms with Crippen molar-refractivity contribution >= 4 is 16.9 Å². The van der Waals surface area contributed by atoms with Gasteiger partial charge in [-0.2, -0.15) is 5.10 Å². The monoisotopic (exact) mass is 371 g/mol. The Kier molecular flexibility index (Phi) is 5.41. The third-order valence-electron chi connectivity index (χ3n) is 5.88. The molecule has 4 heterocycles. The maximum Gasteiger partial charge on any atom is 0.226 e. The van der Waals surface area contributed by atoms with Crippen LogP contribution >= 0.6 is 0 Å². The summed E-state index contributed by atoms with van der Waals surface area (Å²) in [6, 6.07) is 4.08. The number of amides is 1. The lowest BCUT2D eigenvalue weighted by Gasteiger charge is -2.35. The highest BCUT2D eigenvalue weighted by molar-refractivity contribution is 5.80. The van der Waals surface area contributed by atoms with Crippen molar-refractivity contribution in [3.63, 3.8) is 0 Å². The molecule has 146 valence electrons. The lowest BCUT2D eigenvalue weighted by Crippen LogP contribution is -2.46. The van der Waals surface area contributed by atoms with Crippen LogP contribution in [0.4, 0.5) is 0 Å². The van der Waals surface area contributed by atoms with Crippen molar-refractivity contribution in [2.24, 2.45) is 13.0 Å². The van der Waals surface area contributed by atoms with Gasteiger partial charge in [-0.25, -0.2) is 4.98 Å². The van der Waals surface area contributed by atoms with Gasteiger partial charge in [0.15, 0.2) is 5.65 Å². The van der Waals surface area contributed by atoms with Crippen LogP contribution in [0.5, 0.6) is 0 Å². The van der Waals surface area contributed by atoms with Gasteiger partial charge >= 0.3 is 0 Å². The standard InChI is InChI=1S/C20H29N5O2/c1-15(14-24-10-12-27-13-11-24)20(26)25-8-5-16(6-9-25)18-17-4-3-7-21-19(17)23(2)22-18/h3-4,7,15-16H,5-6,8-14H2,1-2H3/t15-/m0/s1. The van der Waals surface area contributed by atoms with Crippen LogP contribution in [0.1, 0.15) is 31.4 Å². The van der Waals surface area contributed by atoms with Gasteiger partial charge in [-0.05, 0) is 25.0 Å². The SMILES string of the molecule is C[C@@H](CN1CCOCC1)C(=O)N1CCC(c2nn(C)c3ncccc23)CC1. The van der Waals surface area contributed by atoms with Crippen LogP contribution < -0.4 is 0 Å². The molecular weight excluding hydrogens is 342 g/mol. The molecule has 7 nitrogen and oxygen atoms in total. The molecule has 2 aliphatic rings. The number of morpholine rings is 1. The molecule has 2 aromatic heterocycles. The number of hydrogen-bond acceptors (Lipinski definition) is 5. The van der Waals surface area contributed by atoms with Crippen LogP contribution in [0.25, 0.3) is 11.0 Å². The number of nitrogens with zero attached hydrogens (tertiary/aromatic N) is 5. The Labute approximate surface area is 160 Å². The predicted octanol–water partition coefficient (Wildman–Crippen LogP) is 1.64. The highest BCUT2D eigenvalue weighted by Crippen LogP contribution is 2.32. The molecule has 2 aromatic rings. The second-order valence-electron chi connectivity index (χ2n) is 7.80. The summed E-state index contributed by atoms with van der Waals surface area (Å²) in [5.74, 6) is 0.725. The predicted molar refractivity (Wildman–Crippen MR) is 103 cm³/mol. The summed E-state index contributed by atoms with van der Waals surface area (Å²) in [6.45, 7) is 7.93. The molecule has 0 N–H and O–H groups in total. The van der Waals surface area contributed by atoms with Crippen molar-refractivity contribution in [2.75, 3.05) is 45.9 Å². The van der Waals surface area contributed by atoms with Gasteiger partial charge in [-0.15, -0.1) is 0 Å². The van der Waals surface area contributed by atoms with Gasteiger partial charge < -0.3 is 9.64 Å². The summed E-state index contributed by atoms with van der Waals surface area (Å²) in [5.41, 5.74) is 2.07. The molecule has 0 unspecified atom stereocenters. The number of carbonyl (C=O) groups is 1. The zero-order valence-electron chi connectivity index (χ0n) is 16.3. The molecule has 1 atom stereocenters. The van der Waals surface area contributed by atoms with E-state index in [1.54, 1.807) is 0 Å². The van der Waals surface area contributed by atoms with Crippen LogP contribution in [-0.4, -0.2) is 76.4 Å². The molecule has 2 saturated heterocycles. The van der Waals surface area contributed by atoms with E-state index >= 15 is 0 Å². The topological polar surface area (TPSA) is 63.5 Å². The molecule has 0 radical (unpaired) electrons. The van der Waals surface area contributed by atoms with Crippen molar-refractivity contribution in [1.82, 2.24) is 24.6 Å². The van der Waals surface area contributed by atoms with E-state index in [9.17, 15) is 4.79 Å². The quantitative estimate of drug-likeness (QED) is 0.818. The van der Waals surface area contributed by atoms with Gasteiger partial charge in [0.25, 0.3) is 0 Å². The number of fused-ring (bicyclic) bond motifs is 1. The highest BCUT2D eigenvalue weighted by Gasteiger charge is 2.30. The third-order valence-corrected chi connectivity index (χ3v) is 5.88. The van der Waals surface area contributed by atoms with Crippen molar-refractivity contribution in [3.05, 3.63) is 24.0 Å². The normalized spacial score (nSPS) is 20.9. The first kappa shape index (κ1) is 18.4. The van der Waals surface area contributed by atoms with E-state index in [0.29, 0.717) is 5.92 Å². The minimum atomic E-state index is 0.0412. The number of hydrogen-bond donors (Lipinski definition) is 0. The number of rotatable bonds is 4. The van der Waals surface area contributed by atoms with E-state index in [1.807, 2.05) is 28.9 Å². The fraction of sp³-hybridized carbons (Fsp3) is 0.650. The minimum Gasteiger partial charge on any atom is -0.379 e. The fourth-order valence-corrected chi connectivity index (χ4v) is 4.35. The second-order valence-corrected chi connectivity index (χ2v) is 7.80. The van der Waals surface area contributed by atoms with Crippen molar-refractivity contribution in [1.29, 1.82) is 0 Å². The number of likely N-dealkylation sites (tertiary alicyclic amines) is 1. The summed E-state index contributed by atoms with van der Waals surface area (Å²) in [6.07, 6.45) is 3.75. The smallest absolute Gasteiger partial charge is 0.226 e. The molecule has 1 amide bonds. The molecule has 0 bridgehead atoms. The maximum atomic E-state index is 12.9. The molecule has 0 spiro atoms. The minimum absolute atomic E-state index is 0.0412. The highest BCUT2D eigenvalue weighted by atomic mass is 16.5. The Morgan fingerprint density at radius 3 is 2.74 bits per heavy atom. The van der Waals surface area contributed by atoms with Crippen LogP contribution in [-0.2, 0) is 16.6 Å². The molecule has 27 heavy (non-hydrogen) atoms. The summed E-state index contributed by atoms with van der Waals surface area (Å²) in [7, 11) is 1.95. The van der Waals surface area contributed by atoms with E-state index in [2.05, 4.69) is 22.9 Å². The first-order valence-electron chi connectivity index (χ1n) is 10.00. The van der Waals surface area contributed by atoms with Gasteiger partial charge in [0.2, 0.25) is 5.91 Å². The molecule has 2 aliphatic heterocycles. The average molecular weight is 371 g/mol. The second kappa shape index (κ2) is 7.94. The molecule has 0 aromatic carbocycles. The first-order valence-corrected chi connectivity index (χ1v) is 10.00. The van der Waals surface area contributed by atoms with E-state index < -0.39 is 0 Å². The lowest BCUT2D eigenvalue weighted by molar-refractivity contribution is -0.137. The number of aromatic nitrogens is 3. The maximum absolute atomic E-state index is 12.9. The summed E-state index contributed by atoms with van der Waals surface area (Å²) >= 11 is 0. The molecule has 7 heteroatoms. The third kappa shape index (κ3) is 3.84. The van der Waals surface area contributed by atoms with Crippen LogP contribution in [0.15, 0.2) is 18.3 Å². The van der Waals surface area contributed by atoms with Crippen LogP contribution in [0, 0.1) is 5.92 Å². The summed E-state index contributed by atoms with van der Waals surface area (Å²) in [4.78, 5) is 21.7. The summed E-state index contributed by atoms with van der Waals surface area (Å²) in [5, 5.41) is 5.87. The van der Waals surface area contributed by atoms with Gasteiger partial charge in [-0.1, -0.05) is 6.92 Å². The average Bonchev–Trinajstić information content (AvgIpc) is 3.05. The fourth-order valence-electron chi connectivity index (χ4n) is 4.35. The Balaban J connectivity index is 1.36. The van der Waals surface area contributed by atoms with E-state index in [-0.39, 0.29) is 11.8 Å². The van der Waals surface area contributed by atoms with Crippen LogP contribution in [0.2, 0.25) is 0 Å².